The summed E-state index contributed by atoms with van der Waals surface area (Å²) >= 11 is 0. The number of nitrogens with zero attached hydrogens (tertiary/aromatic N) is 2. The number of sulfonamides is 1. The van der Waals surface area contributed by atoms with Gasteiger partial charge in [0.1, 0.15) is 0 Å². The zero-order chi connectivity index (χ0) is 27.9. The zero-order valence-electron chi connectivity index (χ0n) is 21.8. The minimum absolute atomic E-state index is 0.288. The third-order valence-electron chi connectivity index (χ3n) is 7.65. The summed E-state index contributed by atoms with van der Waals surface area (Å²) in [7, 11) is -3.18. The molecule has 39 heavy (non-hydrogen) atoms. The highest BCUT2D eigenvalue weighted by Gasteiger charge is 2.32. The molecular weight excluding hydrogens is 527 g/mol. The summed E-state index contributed by atoms with van der Waals surface area (Å²) in [5, 5.41) is 2.97. The number of aryl methyl sites for hydroxylation is 1. The maximum absolute atomic E-state index is 13.4. The standard InChI is InChI=1S/C29H30F3N3O3S/c1-19-4-3-5-26(27(19)20-6-9-23(10-7-20)29(30,31)32)28(36)33-24-11-8-21-17-25(18-22(21)16-24)34-12-14-35(15-13-34)39(2,37)38/h3-11,16,25H,12-15,17-18H2,1-2H3,(H,33,36). The molecule has 1 amide bonds. The minimum Gasteiger partial charge on any atom is -0.322 e. The first kappa shape index (κ1) is 27.4. The normalized spacial score (nSPS) is 18.6. The van der Waals surface area contributed by atoms with Gasteiger partial charge in [-0.25, -0.2) is 8.42 Å². The predicted octanol–water partition coefficient (Wildman–Crippen LogP) is 4.98. The number of carbonyl (C=O) groups is 1. The molecule has 0 spiro atoms. The first-order valence-electron chi connectivity index (χ1n) is 12.8. The number of hydrogen-bond donors (Lipinski definition) is 1. The Bertz CT molecular complexity index is 1500. The molecule has 0 saturated carbocycles. The van der Waals surface area contributed by atoms with Crippen molar-refractivity contribution in [2.24, 2.45) is 0 Å². The second-order valence-corrected chi connectivity index (χ2v) is 12.3. The summed E-state index contributed by atoms with van der Waals surface area (Å²) in [5.74, 6) is -0.333. The number of carbonyl (C=O) groups excluding carboxylic acids is 1. The molecule has 0 bridgehead atoms. The maximum atomic E-state index is 13.4. The van der Waals surface area contributed by atoms with E-state index >= 15 is 0 Å². The van der Waals surface area contributed by atoms with E-state index in [4.69, 9.17) is 0 Å². The molecule has 3 aromatic rings. The molecule has 0 radical (unpaired) electrons. The molecule has 1 saturated heterocycles. The Hall–Kier alpha value is -3.21. The van der Waals surface area contributed by atoms with E-state index in [1.165, 1.54) is 28.3 Å². The van der Waals surface area contributed by atoms with Crippen molar-refractivity contribution < 1.29 is 26.4 Å². The van der Waals surface area contributed by atoms with Crippen LogP contribution in [0.5, 0.6) is 0 Å². The van der Waals surface area contributed by atoms with Crippen LogP contribution in [0.3, 0.4) is 0 Å². The van der Waals surface area contributed by atoms with E-state index in [0.29, 0.717) is 48.6 Å². The van der Waals surface area contributed by atoms with Gasteiger partial charge in [-0.1, -0.05) is 30.3 Å². The fraction of sp³-hybridized carbons (Fsp3) is 0.345. The van der Waals surface area contributed by atoms with Crippen molar-refractivity contribution in [1.82, 2.24) is 9.21 Å². The highest BCUT2D eigenvalue weighted by Crippen LogP contribution is 2.34. The zero-order valence-corrected chi connectivity index (χ0v) is 22.6. The van der Waals surface area contributed by atoms with Gasteiger partial charge in [-0.2, -0.15) is 17.5 Å². The molecule has 6 nitrogen and oxygen atoms in total. The second-order valence-electron chi connectivity index (χ2n) is 10.3. The van der Waals surface area contributed by atoms with Crippen molar-refractivity contribution in [3.63, 3.8) is 0 Å². The van der Waals surface area contributed by atoms with E-state index < -0.39 is 21.8 Å². The van der Waals surface area contributed by atoms with Crippen LogP contribution in [0.15, 0.2) is 60.7 Å². The second kappa shape index (κ2) is 10.4. The average molecular weight is 558 g/mol. The molecule has 1 atom stereocenters. The van der Waals surface area contributed by atoms with E-state index in [-0.39, 0.29) is 11.9 Å². The Morgan fingerprint density at radius 2 is 1.59 bits per heavy atom. The van der Waals surface area contributed by atoms with Crippen LogP contribution >= 0.6 is 0 Å². The average Bonchev–Trinajstić information content (AvgIpc) is 3.31. The number of hydrogen-bond acceptors (Lipinski definition) is 4. The van der Waals surface area contributed by atoms with E-state index in [1.54, 1.807) is 12.1 Å². The minimum atomic E-state index is -4.43. The lowest BCUT2D eigenvalue weighted by Gasteiger charge is -2.36. The molecule has 3 aromatic carbocycles. The van der Waals surface area contributed by atoms with Gasteiger partial charge in [0.05, 0.1) is 11.8 Å². The summed E-state index contributed by atoms with van der Waals surface area (Å²) in [4.78, 5) is 15.7. The summed E-state index contributed by atoms with van der Waals surface area (Å²) < 4.78 is 64.3. The van der Waals surface area contributed by atoms with Gasteiger partial charge in [0.25, 0.3) is 5.91 Å². The fourth-order valence-corrected chi connectivity index (χ4v) is 6.42. The molecule has 1 aliphatic carbocycles. The Morgan fingerprint density at radius 3 is 2.23 bits per heavy atom. The molecule has 1 aliphatic heterocycles. The summed E-state index contributed by atoms with van der Waals surface area (Å²) in [5.41, 5.74) is 4.59. The third kappa shape index (κ3) is 5.88. The van der Waals surface area contributed by atoms with E-state index in [2.05, 4.69) is 10.2 Å². The number of fused-ring (bicyclic) bond motifs is 1. The number of benzene rings is 3. The quantitative estimate of drug-likeness (QED) is 0.481. The lowest BCUT2D eigenvalue weighted by Crippen LogP contribution is -2.51. The number of rotatable bonds is 5. The number of amides is 1. The number of piperazine rings is 1. The topological polar surface area (TPSA) is 69.7 Å². The number of alkyl halides is 3. The molecule has 206 valence electrons. The lowest BCUT2D eigenvalue weighted by molar-refractivity contribution is -0.137. The van der Waals surface area contributed by atoms with Crippen molar-refractivity contribution in [2.75, 3.05) is 37.8 Å². The van der Waals surface area contributed by atoms with Gasteiger partial charge in [-0.05, 0) is 77.9 Å². The smallest absolute Gasteiger partial charge is 0.322 e. The molecule has 1 unspecified atom stereocenters. The first-order chi connectivity index (χ1) is 18.4. The molecule has 5 rings (SSSR count). The van der Waals surface area contributed by atoms with Crippen molar-refractivity contribution in [3.8, 4) is 11.1 Å². The molecule has 1 heterocycles. The Morgan fingerprint density at radius 1 is 0.923 bits per heavy atom. The van der Waals surface area contributed by atoms with Gasteiger partial charge in [0.15, 0.2) is 0 Å². The Kier molecular flexibility index (Phi) is 7.30. The van der Waals surface area contributed by atoms with Crippen LogP contribution in [-0.4, -0.2) is 62.0 Å². The van der Waals surface area contributed by atoms with E-state index in [1.807, 2.05) is 31.2 Å². The van der Waals surface area contributed by atoms with Gasteiger partial charge in [0.2, 0.25) is 10.0 Å². The summed E-state index contributed by atoms with van der Waals surface area (Å²) in [6.07, 6.45) is -1.49. The highest BCUT2D eigenvalue weighted by atomic mass is 32.2. The monoisotopic (exact) mass is 557 g/mol. The van der Waals surface area contributed by atoms with E-state index in [9.17, 15) is 26.4 Å². The third-order valence-corrected chi connectivity index (χ3v) is 8.96. The van der Waals surface area contributed by atoms with Gasteiger partial charge < -0.3 is 5.32 Å². The highest BCUT2D eigenvalue weighted by molar-refractivity contribution is 7.88. The Labute approximate surface area is 226 Å². The summed E-state index contributed by atoms with van der Waals surface area (Å²) in [6.45, 7) is 4.19. The van der Waals surface area contributed by atoms with E-state index in [0.717, 1.165) is 36.1 Å². The van der Waals surface area contributed by atoms with Crippen molar-refractivity contribution >= 4 is 21.6 Å². The fourth-order valence-electron chi connectivity index (χ4n) is 5.60. The SMILES string of the molecule is Cc1cccc(C(=O)Nc2ccc3c(c2)CC(N2CCN(S(C)(=O)=O)CC2)C3)c1-c1ccc(C(F)(F)F)cc1. The van der Waals surface area contributed by atoms with Gasteiger partial charge in [-0.3, -0.25) is 9.69 Å². The number of nitrogens with one attached hydrogen (secondary N) is 1. The van der Waals surface area contributed by atoms with Crippen LogP contribution in [-0.2, 0) is 29.0 Å². The van der Waals surface area contributed by atoms with Crippen LogP contribution in [0.4, 0.5) is 18.9 Å². The summed E-state index contributed by atoms with van der Waals surface area (Å²) in [6, 6.07) is 16.3. The first-order valence-corrected chi connectivity index (χ1v) is 14.6. The molecule has 2 aliphatic rings. The maximum Gasteiger partial charge on any atom is 0.416 e. The van der Waals surface area contributed by atoms with Gasteiger partial charge in [0, 0.05) is 43.5 Å². The number of anilines is 1. The van der Waals surface area contributed by atoms with Crippen LogP contribution in [0.2, 0.25) is 0 Å². The molecule has 1 fully saturated rings. The van der Waals surface area contributed by atoms with Crippen molar-refractivity contribution in [3.05, 3.63) is 88.5 Å². The van der Waals surface area contributed by atoms with Crippen molar-refractivity contribution in [2.45, 2.75) is 32.0 Å². The largest absolute Gasteiger partial charge is 0.416 e. The lowest BCUT2D eigenvalue weighted by atomic mass is 9.93. The van der Waals surface area contributed by atoms with Gasteiger partial charge >= 0.3 is 6.18 Å². The molecule has 0 aromatic heterocycles. The van der Waals surface area contributed by atoms with Crippen LogP contribution in [0, 0.1) is 6.92 Å². The Balaban J connectivity index is 1.30. The molecule has 1 N–H and O–H groups in total. The van der Waals surface area contributed by atoms with Gasteiger partial charge in [-0.15, -0.1) is 0 Å². The predicted molar refractivity (Wildman–Crippen MR) is 145 cm³/mol. The number of halogens is 3. The molecular formula is C29H30F3N3O3S. The van der Waals surface area contributed by atoms with Crippen molar-refractivity contribution in [1.29, 1.82) is 0 Å². The molecule has 10 heteroatoms. The van der Waals surface area contributed by atoms with Crippen LogP contribution in [0.1, 0.15) is 32.6 Å². The van der Waals surface area contributed by atoms with Crippen LogP contribution < -0.4 is 5.32 Å². The van der Waals surface area contributed by atoms with Crippen LogP contribution in [0.25, 0.3) is 11.1 Å².